The van der Waals surface area contributed by atoms with Crippen molar-refractivity contribution in [1.82, 2.24) is 21.3 Å². The minimum Gasteiger partial charge on any atom is -0.355 e. The Morgan fingerprint density at radius 2 is 1.40 bits per heavy atom. The molecule has 8 nitrogen and oxygen atoms in total. The van der Waals surface area contributed by atoms with Gasteiger partial charge in [0.15, 0.2) is 0 Å². The van der Waals surface area contributed by atoms with E-state index in [1.165, 1.54) is 0 Å². The maximum atomic E-state index is 12.2. The standard InChI is InChI=1S/C14H23ClI2N4O4/c15-7-11(22)19-5-6-20-14(25)10(21-13(24)9-17)3-1-2-4-18-12(23)8-16/h10H,1-9H2,(H,18,23)(H,19,22)(H,20,25)(H,21,24)/t10-/m0/s1. The number of alkyl halides is 3. The van der Waals surface area contributed by atoms with E-state index in [2.05, 4.69) is 21.3 Å². The van der Waals surface area contributed by atoms with Crippen LogP contribution in [0.15, 0.2) is 0 Å². The van der Waals surface area contributed by atoms with Gasteiger partial charge in [-0.25, -0.2) is 0 Å². The second-order valence-corrected chi connectivity index (χ2v) is 6.80. The first-order valence-corrected chi connectivity index (χ1v) is 11.3. The van der Waals surface area contributed by atoms with Crippen molar-refractivity contribution >= 4 is 80.4 Å². The molecular formula is C14H23ClI2N4O4. The summed E-state index contributed by atoms with van der Waals surface area (Å²) >= 11 is 9.27. The van der Waals surface area contributed by atoms with Crippen LogP contribution in [0.25, 0.3) is 0 Å². The van der Waals surface area contributed by atoms with Gasteiger partial charge in [-0.3, -0.25) is 19.2 Å². The molecule has 0 aromatic heterocycles. The van der Waals surface area contributed by atoms with Gasteiger partial charge in [-0.05, 0) is 19.3 Å². The first-order valence-electron chi connectivity index (χ1n) is 7.73. The molecule has 0 radical (unpaired) electrons. The molecule has 0 aromatic carbocycles. The SMILES string of the molecule is O=C(CCl)NCCNC(=O)[C@H](CCCCNC(=O)CI)NC(=O)CI. The van der Waals surface area contributed by atoms with Gasteiger partial charge >= 0.3 is 0 Å². The van der Waals surface area contributed by atoms with Gasteiger partial charge in [0, 0.05) is 19.6 Å². The van der Waals surface area contributed by atoms with Gasteiger partial charge in [0.25, 0.3) is 0 Å². The van der Waals surface area contributed by atoms with Crippen LogP contribution in [0.3, 0.4) is 0 Å². The molecule has 0 aromatic rings. The van der Waals surface area contributed by atoms with E-state index >= 15 is 0 Å². The summed E-state index contributed by atoms with van der Waals surface area (Å²) in [7, 11) is 0. The number of hydrogen-bond donors (Lipinski definition) is 4. The Labute approximate surface area is 179 Å². The van der Waals surface area contributed by atoms with Crippen LogP contribution in [-0.2, 0) is 19.2 Å². The predicted octanol–water partition coefficient (Wildman–Crippen LogP) is 0.0989. The molecule has 0 aliphatic rings. The van der Waals surface area contributed by atoms with Gasteiger partial charge in [-0.1, -0.05) is 45.2 Å². The van der Waals surface area contributed by atoms with Gasteiger partial charge in [0.05, 0.1) is 8.86 Å². The van der Waals surface area contributed by atoms with Crippen LogP contribution in [0.5, 0.6) is 0 Å². The van der Waals surface area contributed by atoms with Gasteiger partial charge in [-0.2, -0.15) is 0 Å². The molecule has 0 aliphatic heterocycles. The first-order chi connectivity index (χ1) is 11.9. The number of nitrogens with one attached hydrogen (secondary N) is 4. The lowest BCUT2D eigenvalue weighted by Gasteiger charge is -2.18. The number of hydrogen-bond acceptors (Lipinski definition) is 4. The second kappa shape index (κ2) is 15.9. The Hall–Kier alpha value is -0.370. The summed E-state index contributed by atoms with van der Waals surface area (Å²) in [6, 6.07) is -0.633. The van der Waals surface area contributed by atoms with E-state index in [0.717, 1.165) is 6.42 Å². The summed E-state index contributed by atoms with van der Waals surface area (Å²) in [5.41, 5.74) is 0. The highest BCUT2D eigenvalue weighted by Crippen LogP contribution is 2.02. The van der Waals surface area contributed by atoms with E-state index in [-0.39, 0.29) is 47.0 Å². The Bertz CT molecular complexity index is 455. The molecule has 4 amide bonds. The third-order valence-corrected chi connectivity index (χ3v) is 4.63. The largest absolute Gasteiger partial charge is 0.355 e. The van der Waals surface area contributed by atoms with Crippen LogP contribution in [-0.4, -0.2) is 64.0 Å². The third-order valence-electron chi connectivity index (χ3n) is 3.00. The van der Waals surface area contributed by atoms with E-state index in [0.29, 0.717) is 23.8 Å². The van der Waals surface area contributed by atoms with E-state index in [9.17, 15) is 19.2 Å². The van der Waals surface area contributed by atoms with Crippen molar-refractivity contribution in [3.63, 3.8) is 0 Å². The molecule has 11 heteroatoms. The number of halogens is 3. The molecule has 0 saturated carbocycles. The van der Waals surface area contributed by atoms with Crippen LogP contribution in [0.1, 0.15) is 19.3 Å². The Morgan fingerprint density at radius 3 is 2.00 bits per heavy atom. The highest BCUT2D eigenvalue weighted by atomic mass is 127. The third kappa shape index (κ3) is 13.5. The molecule has 0 rings (SSSR count). The molecule has 0 heterocycles. The minimum atomic E-state index is -0.633. The fourth-order valence-electron chi connectivity index (χ4n) is 1.81. The summed E-state index contributed by atoms with van der Waals surface area (Å²) in [6.07, 6.45) is 1.88. The number of carbonyl (C=O) groups is 4. The van der Waals surface area contributed by atoms with Crippen LogP contribution in [0.4, 0.5) is 0 Å². The lowest BCUT2D eigenvalue weighted by molar-refractivity contribution is -0.128. The fourth-order valence-corrected chi connectivity index (χ4v) is 2.39. The van der Waals surface area contributed by atoms with Crippen LogP contribution >= 0.6 is 56.8 Å². The number of carbonyl (C=O) groups excluding carboxylic acids is 4. The lowest BCUT2D eigenvalue weighted by Crippen LogP contribution is -2.48. The lowest BCUT2D eigenvalue weighted by atomic mass is 10.1. The van der Waals surface area contributed by atoms with Gasteiger partial charge < -0.3 is 21.3 Å². The van der Waals surface area contributed by atoms with Crippen molar-refractivity contribution < 1.29 is 19.2 Å². The molecular weight excluding hydrogens is 577 g/mol. The highest BCUT2D eigenvalue weighted by Gasteiger charge is 2.19. The average Bonchev–Trinajstić information content (AvgIpc) is 2.62. The molecule has 0 unspecified atom stereocenters. The van der Waals surface area contributed by atoms with Gasteiger partial charge in [-0.15, -0.1) is 11.6 Å². The summed E-state index contributed by atoms with van der Waals surface area (Å²) in [6.45, 7) is 1.07. The quantitative estimate of drug-likeness (QED) is 0.136. The normalized spacial score (nSPS) is 11.3. The van der Waals surface area contributed by atoms with Crippen molar-refractivity contribution in [3.05, 3.63) is 0 Å². The molecule has 0 bridgehead atoms. The minimum absolute atomic E-state index is 0.0212. The maximum Gasteiger partial charge on any atom is 0.242 e. The zero-order chi connectivity index (χ0) is 19.1. The summed E-state index contributed by atoms with van der Waals surface area (Å²) in [4.78, 5) is 45.9. The van der Waals surface area contributed by atoms with E-state index in [4.69, 9.17) is 11.6 Å². The number of unbranched alkanes of at least 4 members (excludes halogenated alkanes) is 1. The van der Waals surface area contributed by atoms with Crippen molar-refractivity contribution in [2.24, 2.45) is 0 Å². The molecule has 0 fully saturated rings. The van der Waals surface area contributed by atoms with Crippen LogP contribution < -0.4 is 21.3 Å². The van der Waals surface area contributed by atoms with Crippen molar-refractivity contribution in [2.75, 3.05) is 34.4 Å². The number of rotatable bonds is 13. The zero-order valence-corrected chi connectivity index (χ0v) is 18.8. The summed E-state index contributed by atoms with van der Waals surface area (Å²) in [5, 5.41) is 10.7. The molecule has 0 aliphatic carbocycles. The molecule has 0 saturated heterocycles. The van der Waals surface area contributed by atoms with Crippen molar-refractivity contribution in [2.45, 2.75) is 25.3 Å². The van der Waals surface area contributed by atoms with Gasteiger partial charge in [0.1, 0.15) is 11.9 Å². The van der Waals surface area contributed by atoms with E-state index < -0.39 is 6.04 Å². The topological polar surface area (TPSA) is 116 Å². The van der Waals surface area contributed by atoms with E-state index in [1.54, 1.807) is 0 Å². The Morgan fingerprint density at radius 1 is 0.800 bits per heavy atom. The smallest absolute Gasteiger partial charge is 0.242 e. The first kappa shape index (κ1) is 24.6. The molecule has 144 valence electrons. The van der Waals surface area contributed by atoms with Crippen LogP contribution in [0.2, 0.25) is 0 Å². The molecule has 1 atom stereocenters. The van der Waals surface area contributed by atoms with Crippen LogP contribution in [0, 0.1) is 0 Å². The van der Waals surface area contributed by atoms with Crippen molar-refractivity contribution in [3.8, 4) is 0 Å². The van der Waals surface area contributed by atoms with Gasteiger partial charge in [0.2, 0.25) is 23.6 Å². The monoisotopic (exact) mass is 600 g/mol. The predicted molar refractivity (Wildman–Crippen MR) is 113 cm³/mol. The maximum absolute atomic E-state index is 12.2. The Kier molecular flexibility index (Phi) is 15.6. The molecule has 4 N–H and O–H groups in total. The summed E-state index contributed by atoms with van der Waals surface area (Å²) < 4.78 is 0.674. The second-order valence-electron chi connectivity index (χ2n) is 5.01. The number of amides is 4. The average molecular weight is 601 g/mol. The van der Waals surface area contributed by atoms with E-state index in [1.807, 2.05) is 45.2 Å². The zero-order valence-electron chi connectivity index (χ0n) is 13.7. The van der Waals surface area contributed by atoms with Crippen molar-refractivity contribution in [1.29, 1.82) is 0 Å². The highest BCUT2D eigenvalue weighted by molar-refractivity contribution is 14.1. The summed E-state index contributed by atoms with van der Waals surface area (Å²) in [5.74, 6) is -0.966. The molecule has 25 heavy (non-hydrogen) atoms. The Balaban J connectivity index is 4.22. The fraction of sp³-hybridized carbons (Fsp3) is 0.714. The molecule has 0 spiro atoms.